The molecule has 6 nitrogen and oxygen atoms in total. The van der Waals surface area contributed by atoms with Crippen molar-refractivity contribution in [3.63, 3.8) is 0 Å². The van der Waals surface area contributed by atoms with Crippen molar-refractivity contribution in [2.24, 2.45) is 7.05 Å². The molecule has 0 bridgehead atoms. The maximum atomic E-state index is 4.45. The number of nitrogens with zero attached hydrogens (tertiary/aromatic N) is 6. The quantitative estimate of drug-likeness (QED) is 0.681. The first kappa shape index (κ1) is 12.2. The molecule has 0 spiro atoms. The van der Waals surface area contributed by atoms with Gasteiger partial charge in [-0.2, -0.15) is 4.98 Å². The molecule has 0 aromatic carbocycles. The van der Waals surface area contributed by atoms with E-state index in [-0.39, 0.29) is 0 Å². The van der Waals surface area contributed by atoms with E-state index in [0.29, 0.717) is 5.78 Å². The van der Waals surface area contributed by atoms with Gasteiger partial charge in [-0.25, -0.2) is 14.5 Å². The summed E-state index contributed by atoms with van der Waals surface area (Å²) in [5.74, 6) is 2.41. The molecule has 19 heavy (non-hydrogen) atoms. The monoisotopic (exact) mass is 274 g/mol. The van der Waals surface area contributed by atoms with E-state index >= 15 is 0 Å². The minimum atomic E-state index is 0.653. The molecule has 0 amide bonds. The molecule has 7 heteroatoms. The van der Waals surface area contributed by atoms with Gasteiger partial charge in [0.2, 0.25) is 5.16 Å². The largest absolute Gasteiger partial charge is 0.337 e. The van der Waals surface area contributed by atoms with Gasteiger partial charge in [-0.15, -0.1) is 5.10 Å². The first-order valence-electron chi connectivity index (χ1n) is 5.93. The SMILES string of the molecule is Cc1cc(C)n2nc(SCc3nccn3C)nc2n1. The first-order chi connectivity index (χ1) is 9.13. The number of rotatable bonds is 3. The molecule has 3 aromatic heterocycles. The van der Waals surface area contributed by atoms with Gasteiger partial charge in [0.25, 0.3) is 5.78 Å². The fourth-order valence-electron chi connectivity index (χ4n) is 1.87. The predicted molar refractivity (Wildman–Crippen MR) is 73.0 cm³/mol. The van der Waals surface area contributed by atoms with Crippen LogP contribution in [0.15, 0.2) is 23.6 Å². The smallest absolute Gasteiger partial charge is 0.253 e. The summed E-state index contributed by atoms with van der Waals surface area (Å²) in [4.78, 5) is 13.1. The molecule has 0 saturated heterocycles. The van der Waals surface area contributed by atoms with Crippen LogP contribution in [-0.2, 0) is 12.8 Å². The van der Waals surface area contributed by atoms with Gasteiger partial charge in [0, 0.05) is 30.8 Å². The summed E-state index contributed by atoms with van der Waals surface area (Å²) in [5, 5.41) is 5.18. The second-order valence-electron chi connectivity index (χ2n) is 4.39. The maximum absolute atomic E-state index is 4.45. The fraction of sp³-hybridized carbons (Fsp3) is 0.333. The summed E-state index contributed by atoms with van der Waals surface area (Å²) in [6, 6.07) is 1.99. The average Bonchev–Trinajstić information content (AvgIpc) is 2.92. The van der Waals surface area contributed by atoms with Crippen LogP contribution in [0, 0.1) is 13.8 Å². The molecule has 0 unspecified atom stereocenters. The number of fused-ring (bicyclic) bond motifs is 1. The van der Waals surface area contributed by atoms with E-state index in [0.717, 1.165) is 28.1 Å². The Kier molecular flexibility index (Phi) is 2.98. The Hall–Kier alpha value is -1.89. The maximum Gasteiger partial charge on any atom is 0.253 e. The molecule has 0 radical (unpaired) electrons. The zero-order valence-electron chi connectivity index (χ0n) is 11.0. The fourth-order valence-corrected chi connectivity index (χ4v) is 2.70. The van der Waals surface area contributed by atoms with E-state index in [9.17, 15) is 0 Å². The molecule has 0 aliphatic heterocycles. The van der Waals surface area contributed by atoms with Crippen molar-refractivity contribution in [1.29, 1.82) is 0 Å². The second kappa shape index (κ2) is 4.65. The topological polar surface area (TPSA) is 60.9 Å². The third kappa shape index (κ3) is 2.33. The first-order valence-corrected chi connectivity index (χ1v) is 6.92. The number of aryl methyl sites for hydroxylation is 3. The van der Waals surface area contributed by atoms with Crippen molar-refractivity contribution in [1.82, 2.24) is 29.1 Å². The van der Waals surface area contributed by atoms with Crippen LogP contribution < -0.4 is 0 Å². The third-order valence-corrected chi connectivity index (χ3v) is 3.68. The zero-order valence-corrected chi connectivity index (χ0v) is 11.8. The molecule has 98 valence electrons. The molecule has 0 aliphatic carbocycles. The lowest BCUT2D eigenvalue weighted by Gasteiger charge is -1.98. The van der Waals surface area contributed by atoms with Gasteiger partial charge in [-0.3, -0.25) is 0 Å². The van der Waals surface area contributed by atoms with E-state index in [1.807, 2.05) is 37.7 Å². The van der Waals surface area contributed by atoms with E-state index < -0.39 is 0 Å². The Morgan fingerprint density at radius 3 is 2.84 bits per heavy atom. The minimum Gasteiger partial charge on any atom is -0.337 e. The molecule has 0 N–H and O–H groups in total. The van der Waals surface area contributed by atoms with Gasteiger partial charge in [0.15, 0.2) is 0 Å². The van der Waals surface area contributed by atoms with Crippen LogP contribution in [0.2, 0.25) is 0 Å². The van der Waals surface area contributed by atoms with E-state index in [4.69, 9.17) is 0 Å². The normalized spacial score (nSPS) is 11.3. The summed E-state index contributed by atoms with van der Waals surface area (Å²) < 4.78 is 3.77. The molecule has 0 atom stereocenters. The lowest BCUT2D eigenvalue weighted by atomic mass is 10.4. The van der Waals surface area contributed by atoms with Gasteiger partial charge < -0.3 is 4.57 Å². The number of imidazole rings is 1. The highest BCUT2D eigenvalue weighted by atomic mass is 32.2. The average molecular weight is 274 g/mol. The van der Waals surface area contributed by atoms with Crippen LogP contribution in [0.3, 0.4) is 0 Å². The van der Waals surface area contributed by atoms with Gasteiger partial charge in [-0.05, 0) is 19.9 Å². The number of thioether (sulfide) groups is 1. The second-order valence-corrected chi connectivity index (χ2v) is 5.33. The molecule has 0 aliphatic rings. The Balaban J connectivity index is 1.86. The third-order valence-electron chi connectivity index (χ3n) is 2.85. The minimum absolute atomic E-state index is 0.653. The Morgan fingerprint density at radius 2 is 2.11 bits per heavy atom. The molecular formula is C12H14N6S. The molecule has 0 saturated carbocycles. The summed E-state index contributed by atoms with van der Waals surface area (Å²) in [7, 11) is 1.98. The summed E-state index contributed by atoms with van der Waals surface area (Å²) >= 11 is 1.57. The highest BCUT2D eigenvalue weighted by Crippen LogP contribution is 2.19. The van der Waals surface area contributed by atoms with Crippen molar-refractivity contribution in [3.8, 4) is 0 Å². The van der Waals surface area contributed by atoms with Crippen LogP contribution >= 0.6 is 11.8 Å². The lowest BCUT2D eigenvalue weighted by Crippen LogP contribution is -1.97. The van der Waals surface area contributed by atoms with Gasteiger partial charge in [-0.1, -0.05) is 11.8 Å². The van der Waals surface area contributed by atoms with E-state index in [2.05, 4.69) is 20.1 Å². The number of aromatic nitrogens is 6. The molecule has 3 rings (SSSR count). The Labute approximate surface area is 114 Å². The lowest BCUT2D eigenvalue weighted by molar-refractivity contribution is 0.834. The number of hydrogen-bond donors (Lipinski definition) is 0. The Bertz CT molecular complexity index is 729. The molecular weight excluding hydrogens is 260 g/mol. The molecule has 3 aromatic rings. The highest BCUT2D eigenvalue weighted by Gasteiger charge is 2.09. The summed E-state index contributed by atoms with van der Waals surface area (Å²) in [5.41, 5.74) is 2.00. The summed E-state index contributed by atoms with van der Waals surface area (Å²) in [6.45, 7) is 3.96. The van der Waals surface area contributed by atoms with E-state index in [1.54, 1.807) is 22.5 Å². The summed E-state index contributed by atoms with van der Waals surface area (Å²) in [6.07, 6.45) is 3.73. The van der Waals surface area contributed by atoms with E-state index in [1.165, 1.54) is 0 Å². The van der Waals surface area contributed by atoms with Crippen LogP contribution in [0.5, 0.6) is 0 Å². The van der Waals surface area contributed by atoms with Gasteiger partial charge >= 0.3 is 0 Å². The highest BCUT2D eigenvalue weighted by molar-refractivity contribution is 7.98. The molecule has 3 heterocycles. The van der Waals surface area contributed by atoms with Crippen LogP contribution in [-0.4, -0.2) is 29.1 Å². The van der Waals surface area contributed by atoms with Crippen molar-refractivity contribution in [2.75, 3.05) is 0 Å². The van der Waals surface area contributed by atoms with Crippen LogP contribution in [0.4, 0.5) is 0 Å². The number of hydrogen-bond acceptors (Lipinski definition) is 5. The van der Waals surface area contributed by atoms with Crippen molar-refractivity contribution < 1.29 is 0 Å². The molecule has 0 fully saturated rings. The van der Waals surface area contributed by atoms with Crippen molar-refractivity contribution in [2.45, 2.75) is 24.8 Å². The van der Waals surface area contributed by atoms with Gasteiger partial charge in [0.05, 0.1) is 5.75 Å². The Morgan fingerprint density at radius 1 is 1.26 bits per heavy atom. The van der Waals surface area contributed by atoms with Gasteiger partial charge in [0.1, 0.15) is 5.82 Å². The standard InChI is InChI=1S/C12H14N6S/c1-8-6-9(2)18-11(14-8)15-12(16-18)19-7-10-13-4-5-17(10)3/h4-6H,7H2,1-3H3. The predicted octanol–water partition coefficient (Wildman–Crippen LogP) is 1.77. The van der Waals surface area contributed by atoms with Crippen molar-refractivity contribution in [3.05, 3.63) is 35.7 Å². The zero-order chi connectivity index (χ0) is 13.4. The van der Waals surface area contributed by atoms with Crippen molar-refractivity contribution >= 4 is 17.5 Å². The van der Waals surface area contributed by atoms with Crippen LogP contribution in [0.1, 0.15) is 17.2 Å². The van der Waals surface area contributed by atoms with Crippen LogP contribution in [0.25, 0.3) is 5.78 Å².